The van der Waals surface area contributed by atoms with Crippen molar-refractivity contribution in [3.05, 3.63) is 115 Å². The van der Waals surface area contributed by atoms with Gasteiger partial charge in [0.15, 0.2) is 17.1 Å². The fourth-order valence-electron chi connectivity index (χ4n) is 5.33. The molecule has 0 N–H and O–H groups in total. The molecule has 172 valence electrons. The molecule has 8 rings (SSSR count). The van der Waals surface area contributed by atoms with Crippen LogP contribution in [0.5, 0.6) is 0 Å². The monoisotopic (exact) mass is 473 g/mol. The predicted octanol–water partition coefficient (Wildman–Crippen LogP) is 8.61. The Morgan fingerprint density at radius 3 is 2.00 bits per heavy atom. The van der Waals surface area contributed by atoms with Gasteiger partial charge in [-0.05, 0) is 45.8 Å². The summed E-state index contributed by atoms with van der Waals surface area (Å²) in [6, 6.07) is 39.6. The summed E-state index contributed by atoms with van der Waals surface area (Å²) >= 11 is 0. The summed E-state index contributed by atoms with van der Waals surface area (Å²) in [5.41, 5.74) is 3.88. The van der Waals surface area contributed by atoms with E-state index in [1.165, 1.54) is 5.39 Å². The summed E-state index contributed by atoms with van der Waals surface area (Å²) in [5.74, 6) is 0.645. The maximum absolute atomic E-state index is 6.29. The van der Waals surface area contributed by atoms with E-state index in [4.69, 9.17) is 19.4 Å². The van der Waals surface area contributed by atoms with E-state index in [2.05, 4.69) is 72.8 Å². The highest BCUT2D eigenvalue weighted by molar-refractivity contribution is 6.19. The van der Waals surface area contributed by atoms with Crippen LogP contribution in [-0.4, -0.2) is 15.0 Å². The number of furan rings is 1. The highest BCUT2D eigenvalue weighted by Gasteiger charge is 2.13. The molecule has 3 aromatic heterocycles. The van der Waals surface area contributed by atoms with Crippen LogP contribution >= 0.6 is 0 Å². The van der Waals surface area contributed by atoms with Crippen molar-refractivity contribution < 1.29 is 4.42 Å². The zero-order valence-electron chi connectivity index (χ0n) is 19.7. The molecule has 3 heterocycles. The summed E-state index contributed by atoms with van der Waals surface area (Å²) in [7, 11) is 0. The van der Waals surface area contributed by atoms with E-state index in [9.17, 15) is 0 Å². The number of fused-ring (bicyclic) bond motifs is 10. The Kier molecular flexibility index (Phi) is 4.19. The van der Waals surface area contributed by atoms with Crippen molar-refractivity contribution in [2.24, 2.45) is 0 Å². The normalized spacial score (nSPS) is 11.8. The van der Waals surface area contributed by atoms with Crippen LogP contribution in [0.25, 0.3) is 76.9 Å². The van der Waals surface area contributed by atoms with Gasteiger partial charge < -0.3 is 4.42 Å². The van der Waals surface area contributed by atoms with Crippen LogP contribution in [0.1, 0.15) is 0 Å². The quantitative estimate of drug-likeness (QED) is 0.239. The second-order valence-corrected chi connectivity index (χ2v) is 9.29. The average Bonchev–Trinajstić information content (AvgIpc) is 3.35. The molecule has 0 spiro atoms. The molecule has 0 saturated heterocycles. The molecule has 0 fully saturated rings. The third-order valence-electron chi connectivity index (χ3n) is 7.07. The minimum atomic E-state index is 0.629. The van der Waals surface area contributed by atoms with Gasteiger partial charge in [0.2, 0.25) is 0 Å². The molecule has 37 heavy (non-hydrogen) atoms. The van der Waals surface area contributed by atoms with Crippen molar-refractivity contribution >= 4 is 65.6 Å². The second-order valence-electron chi connectivity index (χ2n) is 9.29. The maximum atomic E-state index is 6.29. The first-order valence-corrected chi connectivity index (χ1v) is 12.3. The minimum absolute atomic E-state index is 0.629. The molecule has 0 amide bonds. The number of benzene rings is 5. The van der Waals surface area contributed by atoms with Crippen LogP contribution in [0.4, 0.5) is 0 Å². The first kappa shape index (κ1) is 20.1. The summed E-state index contributed by atoms with van der Waals surface area (Å²) in [6.45, 7) is 0. The molecule has 8 aromatic rings. The number of rotatable bonds is 1. The molecule has 0 unspecified atom stereocenters. The first-order valence-electron chi connectivity index (χ1n) is 12.3. The fourth-order valence-corrected chi connectivity index (χ4v) is 5.33. The number of hydrogen-bond acceptors (Lipinski definition) is 4. The summed E-state index contributed by atoms with van der Waals surface area (Å²) in [4.78, 5) is 14.9. The Balaban J connectivity index is 1.70. The van der Waals surface area contributed by atoms with E-state index in [-0.39, 0.29) is 0 Å². The standard InChI is InChI=1S/C33H19N3O/c1-2-8-20(9-3-1)31-34-32-23-11-6-10-21(18-23)24-12-4-5-13-25(24)22-16-17-28-27(19-22)30-26(33(35-31)36-32)14-7-15-29(30)37-28/h1-19H. The van der Waals surface area contributed by atoms with E-state index >= 15 is 0 Å². The lowest BCUT2D eigenvalue weighted by molar-refractivity contribution is 0.669. The van der Waals surface area contributed by atoms with Gasteiger partial charge >= 0.3 is 0 Å². The van der Waals surface area contributed by atoms with E-state index < -0.39 is 0 Å². The smallest absolute Gasteiger partial charge is 0.164 e. The molecule has 0 atom stereocenters. The topological polar surface area (TPSA) is 51.8 Å². The SMILES string of the molecule is c1ccc(-c2nc3nc(n2)c2cccc4oc5ccc(cc5c42)c2ccccc2c2cccc3c2)cc1. The molecule has 5 aromatic carbocycles. The van der Waals surface area contributed by atoms with E-state index in [0.29, 0.717) is 17.1 Å². The maximum Gasteiger partial charge on any atom is 0.164 e. The molecule has 0 aliphatic rings. The highest BCUT2D eigenvalue weighted by atomic mass is 16.3. The van der Waals surface area contributed by atoms with Crippen LogP contribution in [0.2, 0.25) is 0 Å². The van der Waals surface area contributed by atoms with Crippen molar-refractivity contribution in [3.63, 3.8) is 0 Å². The Morgan fingerprint density at radius 2 is 1.14 bits per heavy atom. The molecule has 4 nitrogen and oxygen atoms in total. The third-order valence-corrected chi connectivity index (χ3v) is 7.07. The van der Waals surface area contributed by atoms with Crippen molar-refractivity contribution in [1.29, 1.82) is 0 Å². The predicted molar refractivity (Wildman–Crippen MR) is 151 cm³/mol. The molecular weight excluding hydrogens is 454 g/mol. The minimum Gasteiger partial charge on any atom is -0.456 e. The zero-order chi connectivity index (χ0) is 24.3. The lowest BCUT2D eigenvalue weighted by Crippen LogP contribution is -1.94. The Hall–Kier alpha value is -5.09. The van der Waals surface area contributed by atoms with Gasteiger partial charge in [-0.15, -0.1) is 0 Å². The lowest BCUT2D eigenvalue weighted by Gasteiger charge is -2.03. The van der Waals surface area contributed by atoms with Gasteiger partial charge in [0.05, 0.1) is 0 Å². The van der Waals surface area contributed by atoms with E-state index in [1.807, 2.05) is 42.5 Å². The van der Waals surface area contributed by atoms with Gasteiger partial charge in [-0.3, -0.25) is 0 Å². The van der Waals surface area contributed by atoms with E-state index in [1.54, 1.807) is 0 Å². The summed E-state index contributed by atoms with van der Waals surface area (Å²) in [5, 5.41) is 8.52. The van der Waals surface area contributed by atoms with Crippen LogP contribution in [0.15, 0.2) is 120 Å². The van der Waals surface area contributed by atoms with Crippen molar-refractivity contribution in [2.75, 3.05) is 0 Å². The molecule has 0 radical (unpaired) electrons. The fraction of sp³-hybridized carbons (Fsp3) is 0. The molecule has 4 heteroatoms. The number of aromatic nitrogens is 3. The molecule has 0 saturated carbocycles. The first-order chi connectivity index (χ1) is 18.3. The number of nitrogens with zero attached hydrogens (tertiary/aromatic N) is 3. The summed E-state index contributed by atoms with van der Waals surface area (Å²) < 4.78 is 6.29. The average molecular weight is 474 g/mol. The Labute approximate surface area is 211 Å². The van der Waals surface area contributed by atoms with Gasteiger partial charge in [-0.2, -0.15) is 0 Å². The molecular formula is C33H19N3O. The zero-order valence-corrected chi connectivity index (χ0v) is 19.7. The van der Waals surface area contributed by atoms with Crippen LogP contribution in [0, 0.1) is 0 Å². The van der Waals surface area contributed by atoms with Gasteiger partial charge in [-0.25, -0.2) is 15.0 Å². The second kappa shape index (κ2) is 7.70. The Bertz CT molecular complexity index is 2200. The molecule has 0 aliphatic carbocycles. The van der Waals surface area contributed by atoms with Gasteiger partial charge in [-0.1, -0.05) is 91.0 Å². The molecule has 6 bridgehead atoms. The number of hydrogen-bond donors (Lipinski definition) is 0. The summed E-state index contributed by atoms with van der Waals surface area (Å²) in [6.07, 6.45) is 0. The van der Waals surface area contributed by atoms with Gasteiger partial charge in [0.1, 0.15) is 11.2 Å². The lowest BCUT2D eigenvalue weighted by atomic mass is 10.0. The van der Waals surface area contributed by atoms with E-state index in [0.717, 1.165) is 54.4 Å². The van der Waals surface area contributed by atoms with Crippen LogP contribution < -0.4 is 0 Å². The highest BCUT2D eigenvalue weighted by Crippen LogP contribution is 2.36. The van der Waals surface area contributed by atoms with Crippen LogP contribution in [-0.2, 0) is 0 Å². The van der Waals surface area contributed by atoms with Crippen LogP contribution in [0.3, 0.4) is 0 Å². The van der Waals surface area contributed by atoms with Crippen molar-refractivity contribution in [3.8, 4) is 11.4 Å². The Morgan fingerprint density at radius 1 is 0.432 bits per heavy atom. The third kappa shape index (κ3) is 3.13. The largest absolute Gasteiger partial charge is 0.456 e. The van der Waals surface area contributed by atoms with Gasteiger partial charge in [0, 0.05) is 27.1 Å². The van der Waals surface area contributed by atoms with Crippen molar-refractivity contribution in [1.82, 2.24) is 15.0 Å². The van der Waals surface area contributed by atoms with Crippen molar-refractivity contribution in [2.45, 2.75) is 0 Å². The van der Waals surface area contributed by atoms with Gasteiger partial charge in [0.25, 0.3) is 0 Å². The molecule has 0 aliphatic heterocycles.